The molecule has 0 atom stereocenters. The molecular weight excluding hydrogens is 366 g/mol. The molecule has 0 bridgehead atoms. The highest BCUT2D eigenvalue weighted by Gasteiger charge is 2.29. The zero-order valence-electron chi connectivity index (χ0n) is 17.1. The summed E-state index contributed by atoms with van der Waals surface area (Å²) < 4.78 is 1.74. The number of amides is 2. The van der Waals surface area contributed by atoms with Crippen molar-refractivity contribution >= 4 is 28.7 Å². The van der Waals surface area contributed by atoms with E-state index in [9.17, 15) is 9.59 Å². The fraction of sp³-hybridized carbons (Fsp3) is 0.364. The van der Waals surface area contributed by atoms with E-state index in [-0.39, 0.29) is 23.4 Å². The van der Waals surface area contributed by atoms with Crippen molar-refractivity contribution in [3.63, 3.8) is 0 Å². The predicted octanol–water partition coefficient (Wildman–Crippen LogP) is 3.64. The Balaban J connectivity index is 1.69. The average molecular weight is 391 g/mol. The number of carbonyl (C=O) groups is 2. The summed E-state index contributed by atoms with van der Waals surface area (Å²) >= 11 is 0. The van der Waals surface area contributed by atoms with Crippen LogP contribution >= 0.6 is 0 Å². The van der Waals surface area contributed by atoms with Gasteiger partial charge in [0.05, 0.1) is 10.9 Å². The van der Waals surface area contributed by atoms with Gasteiger partial charge in [-0.2, -0.15) is 5.10 Å². The molecule has 0 spiro atoms. The minimum atomic E-state index is -0.372. The Morgan fingerprint density at radius 2 is 1.72 bits per heavy atom. The molecule has 4 rings (SSSR count). The molecule has 2 amide bonds. The van der Waals surface area contributed by atoms with E-state index in [1.165, 1.54) is 0 Å². The number of rotatable bonds is 4. The first kappa shape index (κ1) is 19.1. The highest BCUT2D eigenvalue weighted by atomic mass is 16.2. The lowest BCUT2D eigenvalue weighted by Gasteiger charge is -2.20. The van der Waals surface area contributed by atoms with Crippen LogP contribution in [0.3, 0.4) is 0 Å². The molecule has 2 N–H and O–H groups in total. The van der Waals surface area contributed by atoms with Gasteiger partial charge >= 0.3 is 0 Å². The van der Waals surface area contributed by atoms with E-state index in [0.29, 0.717) is 28.1 Å². The summed E-state index contributed by atoms with van der Waals surface area (Å²) in [5, 5.41) is 11.1. The van der Waals surface area contributed by atoms with Gasteiger partial charge in [0.1, 0.15) is 5.82 Å². The second-order valence-electron chi connectivity index (χ2n) is 8.57. The predicted molar refractivity (Wildman–Crippen MR) is 112 cm³/mol. The van der Waals surface area contributed by atoms with Gasteiger partial charge in [0, 0.05) is 11.6 Å². The Hall–Kier alpha value is -3.22. The monoisotopic (exact) mass is 391 g/mol. The fourth-order valence-corrected chi connectivity index (χ4v) is 3.08. The van der Waals surface area contributed by atoms with E-state index in [2.05, 4.69) is 20.7 Å². The maximum atomic E-state index is 12.6. The summed E-state index contributed by atoms with van der Waals surface area (Å²) in [4.78, 5) is 29.8. The molecule has 0 aliphatic heterocycles. The Morgan fingerprint density at radius 1 is 1.03 bits per heavy atom. The summed E-state index contributed by atoms with van der Waals surface area (Å²) in [5.41, 5.74) is 2.22. The quantitative estimate of drug-likeness (QED) is 0.711. The molecular formula is C22H25N5O2. The van der Waals surface area contributed by atoms with Gasteiger partial charge in [-0.05, 0) is 64.8 Å². The lowest BCUT2D eigenvalue weighted by atomic mass is 10.1. The minimum Gasteiger partial charge on any atom is -0.348 e. The van der Waals surface area contributed by atoms with E-state index in [0.717, 1.165) is 18.4 Å². The molecule has 1 aromatic carbocycles. The lowest BCUT2D eigenvalue weighted by molar-refractivity contribution is 0.0945. The summed E-state index contributed by atoms with van der Waals surface area (Å²) in [5.74, 6) is 0.00624. The molecule has 7 nitrogen and oxygen atoms in total. The van der Waals surface area contributed by atoms with Crippen LogP contribution in [0.15, 0.2) is 36.4 Å². The van der Waals surface area contributed by atoms with E-state index in [1.54, 1.807) is 28.9 Å². The van der Waals surface area contributed by atoms with Crippen LogP contribution in [0.25, 0.3) is 11.0 Å². The summed E-state index contributed by atoms with van der Waals surface area (Å²) in [6.07, 6.45) is 2.02. The number of aryl methyl sites for hydroxylation is 1. The molecule has 2 heterocycles. The van der Waals surface area contributed by atoms with Crippen LogP contribution in [0.2, 0.25) is 0 Å². The van der Waals surface area contributed by atoms with Gasteiger partial charge in [-0.25, -0.2) is 9.67 Å². The van der Waals surface area contributed by atoms with E-state index in [4.69, 9.17) is 0 Å². The molecule has 1 aliphatic carbocycles. The number of nitrogens with zero attached hydrogens (tertiary/aromatic N) is 3. The van der Waals surface area contributed by atoms with Crippen LogP contribution in [-0.4, -0.2) is 32.6 Å². The maximum Gasteiger partial charge on any atom is 0.272 e. The van der Waals surface area contributed by atoms with Crippen molar-refractivity contribution in [2.75, 3.05) is 5.32 Å². The molecule has 150 valence electrons. The number of pyridine rings is 1. The SMILES string of the molecule is Cc1ccc(C(=O)Nc2ccc3c(C(=O)NC4CC4)nn(C(C)(C)C)c3n2)cc1. The lowest BCUT2D eigenvalue weighted by Crippen LogP contribution is -2.28. The van der Waals surface area contributed by atoms with Crippen molar-refractivity contribution in [3.8, 4) is 0 Å². The smallest absolute Gasteiger partial charge is 0.272 e. The zero-order chi connectivity index (χ0) is 20.8. The van der Waals surface area contributed by atoms with E-state index < -0.39 is 0 Å². The van der Waals surface area contributed by atoms with Gasteiger partial charge in [0.15, 0.2) is 11.3 Å². The number of carbonyl (C=O) groups excluding carboxylic acids is 2. The number of nitrogens with one attached hydrogen (secondary N) is 2. The Labute approximate surface area is 169 Å². The fourth-order valence-electron chi connectivity index (χ4n) is 3.08. The van der Waals surface area contributed by atoms with Crippen LogP contribution < -0.4 is 10.6 Å². The zero-order valence-corrected chi connectivity index (χ0v) is 17.1. The number of aromatic nitrogens is 3. The molecule has 2 aromatic heterocycles. The third kappa shape index (κ3) is 3.99. The van der Waals surface area contributed by atoms with Crippen molar-refractivity contribution < 1.29 is 9.59 Å². The topological polar surface area (TPSA) is 88.9 Å². The van der Waals surface area contributed by atoms with Gasteiger partial charge in [0.25, 0.3) is 11.8 Å². The van der Waals surface area contributed by atoms with Gasteiger partial charge in [-0.15, -0.1) is 0 Å². The number of hydrogen-bond donors (Lipinski definition) is 2. The van der Waals surface area contributed by atoms with Crippen LogP contribution in [0.4, 0.5) is 5.82 Å². The average Bonchev–Trinajstić information content (AvgIpc) is 3.38. The van der Waals surface area contributed by atoms with Crippen LogP contribution in [-0.2, 0) is 5.54 Å². The van der Waals surface area contributed by atoms with Gasteiger partial charge < -0.3 is 10.6 Å². The molecule has 1 fully saturated rings. The van der Waals surface area contributed by atoms with E-state index >= 15 is 0 Å². The largest absolute Gasteiger partial charge is 0.348 e. The van der Waals surface area contributed by atoms with Gasteiger partial charge in [-0.3, -0.25) is 9.59 Å². The molecule has 1 saturated carbocycles. The molecule has 1 aliphatic rings. The summed E-state index contributed by atoms with van der Waals surface area (Å²) in [7, 11) is 0. The first-order chi connectivity index (χ1) is 13.7. The molecule has 0 unspecified atom stereocenters. The van der Waals surface area contributed by atoms with Crippen molar-refractivity contribution in [1.29, 1.82) is 0 Å². The number of benzene rings is 1. The summed E-state index contributed by atoms with van der Waals surface area (Å²) in [6, 6.07) is 11.1. The Kier molecular flexibility index (Phi) is 4.61. The number of hydrogen-bond acceptors (Lipinski definition) is 4. The second-order valence-corrected chi connectivity index (χ2v) is 8.57. The van der Waals surface area contributed by atoms with Gasteiger partial charge in [0.2, 0.25) is 0 Å². The molecule has 29 heavy (non-hydrogen) atoms. The first-order valence-electron chi connectivity index (χ1n) is 9.81. The van der Waals surface area contributed by atoms with Crippen LogP contribution in [0.1, 0.15) is 60.0 Å². The van der Waals surface area contributed by atoms with Crippen molar-refractivity contribution in [2.24, 2.45) is 0 Å². The van der Waals surface area contributed by atoms with Crippen molar-refractivity contribution in [3.05, 3.63) is 53.2 Å². The molecule has 0 radical (unpaired) electrons. The Bertz CT molecular complexity index is 1090. The second kappa shape index (κ2) is 6.99. The maximum absolute atomic E-state index is 12.6. The first-order valence-corrected chi connectivity index (χ1v) is 9.81. The summed E-state index contributed by atoms with van der Waals surface area (Å²) in [6.45, 7) is 7.98. The third-order valence-electron chi connectivity index (χ3n) is 4.85. The van der Waals surface area contributed by atoms with Gasteiger partial charge in [-0.1, -0.05) is 17.7 Å². The highest BCUT2D eigenvalue weighted by Crippen LogP contribution is 2.26. The highest BCUT2D eigenvalue weighted by molar-refractivity contribution is 6.06. The number of fused-ring (bicyclic) bond motifs is 1. The third-order valence-corrected chi connectivity index (χ3v) is 4.85. The molecule has 3 aromatic rings. The standard InChI is InChI=1S/C22H25N5O2/c1-13-5-7-14(8-6-13)20(28)25-17-12-11-16-18(21(29)23-15-9-10-15)26-27(19(16)24-17)22(2,3)4/h5-8,11-12,15H,9-10H2,1-4H3,(H,23,29)(H,24,25,28). The Morgan fingerprint density at radius 3 is 2.34 bits per heavy atom. The van der Waals surface area contributed by atoms with E-state index in [1.807, 2.05) is 39.8 Å². The van der Waals surface area contributed by atoms with Crippen LogP contribution in [0, 0.1) is 6.92 Å². The van der Waals surface area contributed by atoms with Crippen LogP contribution in [0.5, 0.6) is 0 Å². The molecule has 7 heteroatoms. The van der Waals surface area contributed by atoms with Crippen molar-refractivity contribution in [2.45, 2.75) is 52.1 Å². The van der Waals surface area contributed by atoms with Crippen molar-refractivity contribution in [1.82, 2.24) is 20.1 Å². The normalized spacial score (nSPS) is 14.1. The molecule has 0 saturated heterocycles. The number of anilines is 1. The minimum absolute atomic E-state index is 0.182.